The zero-order valence-corrected chi connectivity index (χ0v) is 19.2. The highest BCUT2D eigenvalue weighted by atomic mass is 35.5. The number of halogens is 1. The number of rotatable bonds is 8. The number of carbonyl (C=O) groups excluding carboxylic acids is 1. The van der Waals surface area contributed by atoms with Crippen LogP contribution in [0.4, 0.5) is 22.0 Å². The highest BCUT2D eigenvalue weighted by molar-refractivity contribution is 6.28. The summed E-state index contributed by atoms with van der Waals surface area (Å²) in [7, 11) is 0. The van der Waals surface area contributed by atoms with E-state index in [1.165, 1.54) is 5.56 Å². The minimum Gasteiger partial charge on any atom is -0.444 e. The molecule has 3 rings (SSSR count). The number of amides is 1. The molecule has 0 bridgehead atoms. The van der Waals surface area contributed by atoms with Crippen molar-refractivity contribution in [1.82, 2.24) is 15.3 Å². The monoisotopic (exact) mass is 453 g/mol. The number of nitrogens with zero attached hydrogens (tertiary/aromatic N) is 2. The zero-order chi connectivity index (χ0) is 23.0. The van der Waals surface area contributed by atoms with Crippen LogP contribution in [0.1, 0.15) is 31.9 Å². The van der Waals surface area contributed by atoms with Crippen molar-refractivity contribution in [3.63, 3.8) is 0 Å². The molecular formula is C24H28ClN5O2. The van der Waals surface area contributed by atoms with E-state index in [0.29, 0.717) is 11.5 Å². The van der Waals surface area contributed by atoms with E-state index in [0.717, 1.165) is 30.8 Å². The molecule has 0 unspecified atom stereocenters. The highest BCUT2D eigenvalue weighted by Crippen LogP contribution is 2.23. The van der Waals surface area contributed by atoms with Crippen LogP contribution < -0.4 is 16.0 Å². The SMILES string of the molecule is CC(C)(C)OC(=O)Nc1cccc(Nc2nc(Cl)ncc2CCNCc2ccccc2)c1. The Morgan fingerprint density at radius 1 is 1.06 bits per heavy atom. The third-order valence-electron chi connectivity index (χ3n) is 4.35. The van der Waals surface area contributed by atoms with E-state index in [1.54, 1.807) is 18.3 Å². The molecule has 2 aromatic carbocycles. The molecule has 32 heavy (non-hydrogen) atoms. The first-order chi connectivity index (χ1) is 15.3. The molecule has 1 amide bonds. The summed E-state index contributed by atoms with van der Waals surface area (Å²) in [6.45, 7) is 7.00. The summed E-state index contributed by atoms with van der Waals surface area (Å²) in [5.41, 5.74) is 2.96. The minimum absolute atomic E-state index is 0.163. The van der Waals surface area contributed by atoms with Crippen LogP contribution in [-0.2, 0) is 17.7 Å². The summed E-state index contributed by atoms with van der Waals surface area (Å²) >= 11 is 6.03. The Hall–Kier alpha value is -3.16. The van der Waals surface area contributed by atoms with E-state index in [1.807, 2.05) is 51.1 Å². The maximum Gasteiger partial charge on any atom is 0.412 e. The summed E-state index contributed by atoms with van der Waals surface area (Å²) in [4.78, 5) is 20.5. The Kier molecular flexibility index (Phi) is 8.03. The molecule has 0 fully saturated rings. The lowest BCUT2D eigenvalue weighted by Crippen LogP contribution is -2.27. The maximum absolute atomic E-state index is 12.0. The Labute approximate surface area is 193 Å². The van der Waals surface area contributed by atoms with Crippen molar-refractivity contribution in [3.8, 4) is 0 Å². The summed E-state index contributed by atoms with van der Waals surface area (Å²) in [5, 5.41) is 9.61. The molecule has 1 heterocycles. The van der Waals surface area contributed by atoms with Gasteiger partial charge >= 0.3 is 6.09 Å². The quantitative estimate of drug-likeness (QED) is 0.306. The topological polar surface area (TPSA) is 88.2 Å². The van der Waals surface area contributed by atoms with Crippen LogP contribution in [0.2, 0.25) is 5.28 Å². The van der Waals surface area contributed by atoms with E-state index in [9.17, 15) is 4.79 Å². The van der Waals surface area contributed by atoms with Gasteiger partial charge in [-0.25, -0.2) is 14.8 Å². The Morgan fingerprint density at radius 2 is 1.81 bits per heavy atom. The average Bonchev–Trinajstić information content (AvgIpc) is 2.72. The summed E-state index contributed by atoms with van der Waals surface area (Å²) in [6, 6.07) is 17.5. The molecule has 7 nitrogen and oxygen atoms in total. The Balaban J connectivity index is 1.62. The first kappa shape index (κ1) is 23.5. The summed E-state index contributed by atoms with van der Waals surface area (Å²) < 4.78 is 5.31. The van der Waals surface area contributed by atoms with Gasteiger partial charge in [-0.15, -0.1) is 0 Å². The molecular weight excluding hydrogens is 426 g/mol. The van der Waals surface area contributed by atoms with Crippen molar-refractivity contribution in [2.45, 2.75) is 39.3 Å². The first-order valence-corrected chi connectivity index (χ1v) is 10.8. The zero-order valence-electron chi connectivity index (χ0n) is 18.5. The predicted octanol–water partition coefficient (Wildman–Crippen LogP) is 5.55. The van der Waals surface area contributed by atoms with Crippen LogP contribution in [0.15, 0.2) is 60.8 Å². The van der Waals surface area contributed by atoms with Gasteiger partial charge in [0, 0.05) is 29.7 Å². The van der Waals surface area contributed by atoms with Crippen LogP contribution in [0, 0.1) is 0 Å². The normalized spacial score (nSPS) is 11.1. The summed E-state index contributed by atoms with van der Waals surface area (Å²) in [5.74, 6) is 0.626. The number of hydrogen-bond donors (Lipinski definition) is 3. The van der Waals surface area contributed by atoms with Gasteiger partial charge in [-0.1, -0.05) is 36.4 Å². The largest absolute Gasteiger partial charge is 0.444 e. The third kappa shape index (κ3) is 7.83. The molecule has 8 heteroatoms. The van der Waals surface area contributed by atoms with Gasteiger partial charge < -0.3 is 15.4 Å². The summed E-state index contributed by atoms with van der Waals surface area (Å²) in [6.07, 6.45) is 1.94. The van der Waals surface area contributed by atoms with Crippen LogP contribution in [0.25, 0.3) is 0 Å². The van der Waals surface area contributed by atoms with E-state index in [-0.39, 0.29) is 5.28 Å². The number of ether oxygens (including phenoxy) is 1. The second-order valence-electron chi connectivity index (χ2n) is 8.26. The molecule has 0 aliphatic heterocycles. The minimum atomic E-state index is -0.568. The fourth-order valence-electron chi connectivity index (χ4n) is 2.96. The molecule has 0 saturated carbocycles. The molecule has 0 atom stereocenters. The van der Waals surface area contributed by atoms with Gasteiger partial charge in [-0.3, -0.25) is 5.32 Å². The lowest BCUT2D eigenvalue weighted by molar-refractivity contribution is 0.0636. The van der Waals surface area contributed by atoms with Gasteiger partial charge in [-0.05, 0) is 69.1 Å². The predicted molar refractivity (Wildman–Crippen MR) is 128 cm³/mol. The van der Waals surface area contributed by atoms with E-state index < -0.39 is 11.7 Å². The second kappa shape index (κ2) is 10.9. The molecule has 3 aromatic rings. The van der Waals surface area contributed by atoms with Crippen molar-refractivity contribution >= 4 is 34.9 Å². The van der Waals surface area contributed by atoms with E-state index >= 15 is 0 Å². The highest BCUT2D eigenvalue weighted by Gasteiger charge is 2.16. The lowest BCUT2D eigenvalue weighted by atomic mass is 10.2. The van der Waals surface area contributed by atoms with E-state index in [2.05, 4.69) is 38.1 Å². The fraction of sp³-hybridized carbons (Fsp3) is 0.292. The van der Waals surface area contributed by atoms with Crippen LogP contribution in [0.3, 0.4) is 0 Å². The molecule has 0 radical (unpaired) electrons. The molecule has 0 spiro atoms. The van der Waals surface area contributed by atoms with E-state index in [4.69, 9.17) is 16.3 Å². The lowest BCUT2D eigenvalue weighted by Gasteiger charge is -2.20. The molecule has 1 aromatic heterocycles. The number of aromatic nitrogens is 2. The van der Waals surface area contributed by atoms with Crippen LogP contribution in [-0.4, -0.2) is 28.2 Å². The van der Waals surface area contributed by atoms with Gasteiger partial charge in [0.2, 0.25) is 5.28 Å². The van der Waals surface area contributed by atoms with Gasteiger partial charge in [0.1, 0.15) is 11.4 Å². The van der Waals surface area contributed by atoms with Crippen LogP contribution >= 0.6 is 11.6 Å². The third-order valence-corrected chi connectivity index (χ3v) is 4.53. The standard InChI is InChI=1S/C24H28ClN5O2/c1-24(2,3)32-23(31)29-20-11-7-10-19(14-20)28-21-18(16-27-22(25)30-21)12-13-26-15-17-8-5-4-6-9-17/h4-11,14,16,26H,12-13,15H2,1-3H3,(H,29,31)(H,27,28,30). The smallest absolute Gasteiger partial charge is 0.412 e. The number of anilines is 3. The van der Waals surface area contributed by atoms with Crippen molar-refractivity contribution in [3.05, 3.63) is 77.2 Å². The number of nitrogens with one attached hydrogen (secondary N) is 3. The molecule has 0 saturated heterocycles. The Morgan fingerprint density at radius 3 is 2.56 bits per heavy atom. The fourth-order valence-corrected chi connectivity index (χ4v) is 3.09. The molecule has 0 aliphatic rings. The number of benzene rings is 2. The molecule has 3 N–H and O–H groups in total. The number of hydrogen-bond acceptors (Lipinski definition) is 6. The second-order valence-corrected chi connectivity index (χ2v) is 8.60. The maximum atomic E-state index is 12.0. The first-order valence-electron chi connectivity index (χ1n) is 10.4. The number of carbonyl (C=O) groups is 1. The average molecular weight is 454 g/mol. The van der Waals surface area contributed by atoms with Crippen molar-refractivity contribution < 1.29 is 9.53 Å². The van der Waals surface area contributed by atoms with Crippen molar-refractivity contribution in [1.29, 1.82) is 0 Å². The Bertz CT molecular complexity index is 1040. The van der Waals surface area contributed by atoms with Gasteiger partial charge in [-0.2, -0.15) is 0 Å². The molecule has 0 aliphatic carbocycles. The van der Waals surface area contributed by atoms with Crippen molar-refractivity contribution in [2.75, 3.05) is 17.2 Å². The van der Waals surface area contributed by atoms with Gasteiger partial charge in [0.25, 0.3) is 0 Å². The van der Waals surface area contributed by atoms with Gasteiger partial charge in [0.15, 0.2) is 0 Å². The van der Waals surface area contributed by atoms with Gasteiger partial charge in [0.05, 0.1) is 0 Å². The van der Waals surface area contributed by atoms with Crippen LogP contribution in [0.5, 0.6) is 0 Å². The van der Waals surface area contributed by atoms with Crippen molar-refractivity contribution in [2.24, 2.45) is 0 Å². The molecule has 168 valence electrons.